The van der Waals surface area contributed by atoms with E-state index in [-0.39, 0.29) is 11.5 Å². The maximum Gasteiger partial charge on any atom is 0.146 e. The number of thiophene rings is 1. The van der Waals surface area contributed by atoms with Gasteiger partial charge in [-0.2, -0.15) is 0 Å². The Kier molecular flexibility index (Phi) is 2.06. The van der Waals surface area contributed by atoms with Crippen LogP contribution in [-0.4, -0.2) is 0 Å². The molecule has 0 spiro atoms. The highest BCUT2D eigenvalue weighted by Gasteiger charge is 2.11. The van der Waals surface area contributed by atoms with E-state index in [2.05, 4.69) is 0 Å². The topological polar surface area (TPSA) is 26.0 Å². The largest absolute Gasteiger partial charge is 0.396 e. The Balaban J connectivity index is 2.60. The average Bonchev–Trinajstić information content (AvgIpc) is 2.62. The second-order valence-corrected chi connectivity index (χ2v) is 5.10. The SMILES string of the molecule is Nc1c(F)ccc2sc3ccc(Cl)cc3c12. The van der Waals surface area contributed by atoms with Crippen molar-refractivity contribution in [2.24, 2.45) is 0 Å². The summed E-state index contributed by atoms with van der Waals surface area (Å²) in [7, 11) is 0. The summed E-state index contributed by atoms with van der Waals surface area (Å²) in [6.45, 7) is 0. The van der Waals surface area contributed by atoms with E-state index in [9.17, 15) is 4.39 Å². The van der Waals surface area contributed by atoms with Gasteiger partial charge < -0.3 is 5.73 Å². The van der Waals surface area contributed by atoms with Crippen LogP contribution in [0.25, 0.3) is 20.2 Å². The Morgan fingerprint density at radius 1 is 1.12 bits per heavy atom. The van der Waals surface area contributed by atoms with Gasteiger partial charge in [-0.3, -0.25) is 0 Å². The molecule has 0 bridgehead atoms. The Bertz CT molecular complexity index is 705. The highest BCUT2D eigenvalue weighted by atomic mass is 35.5. The van der Waals surface area contributed by atoms with Crippen molar-refractivity contribution in [3.63, 3.8) is 0 Å². The van der Waals surface area contributed by atoms with Crippen molar-refractivity contribution >= 4 is 48.8 Å². The van der Waals surface area contributed by atoms with Crippen LogP contribution in [0.5, 0.6) is 0 Å². The molecule has 0 aliphatic rings. The van der Waals surface area contributed by atoms with Gasteiger partial charge in [-0.1, -0.05) is 11.6 Å². The van der Waals surface area contributed by atoms with E-state index < -0.39 is 0 Å². The number of nitrogens with two attached hydrogens (primary N) is 1. The predicted molar refractivity (Wildman–Crippen MR) is 68.7 cm³/mol. The second kappa shape index (κ2) is 3.34. The molecule has 0 atom stereocenters. The van der Waals surface area contributed by atoms with Crippen LogP contribution in [0.2, 0.25) is 5.02 Å². The summed E-state index contributed by atoms with van der Waals surface area (Å²) in [5.41, 5.74) is 5.97. The maximum atomic E-state index is 13.4. The number of anilines is 1. The van der Waals surface area contributed by atoms with Crippen molar-refractivity contribution in [3.8, 4) is 0 Å². The van der Waals surface area contributed by atoms with Crippen LogP contribution in [-0.2, 0) is 0 Å². The fourth-order valence-electron chi connectivity index (χ4n) is 1.84. The summed E-state index contributed by atoms with van der Waals surface area (Å²) in [4.78, 5) is 0. The van der Waals surface area contributed by atoms with Crippen molar-refractivity contribution in [2.75, 3.05) is 5.73 Å². The van der Waals surface area contributed by atoms with Crippen LogP contribution < -0.4 is 5.73 Å². The molecule has 1 heterocycles. The van der Waals surface area contributed by atoms with Crippen molar-refractivity contribution in [1.82, 2.24) is 0 Å². The molecule has 2 N–H and O–H groups in total. The molecule has 3 rings (SSSR count). The van der Waals surface area contributed by atoms with Crippen LogP contribution in [0.4, 0.5) is 10.1 Å². The van der Waals surface area contributed by atoms with Crippen molar-refractivity contribution in [1.29, 1.82) is 0 Å². The Morgan fingerprint density at radius 3 is 2.69 bits per heavy atom. The zero-order valence-electron chi connectivity index (χ0n) is 8.13. The smallest absolute Gasteiger partial charge is 0.146 e. The molecule has 0 fully saturated rings. The van der Waals surface area contributed by atoms with Gasteiger partial charge in [-0.05, 0) is 30.3 Å². The summed E-state index contributed by atoms with van der Waals surface area (Å²) in [6, 6.07) is 8.73. The lowest BCUT2D eigenvalue weighted by Gasteiger charge is -1.99. The molecule has 0 saturated heterocycles. The third-order valence-electron chi connectivity index (χ3n) is 2.58. The summed E-state index contributed by atoms with van der Waals surface area (Å²) >= 11 is 7.53. The average molecular weight is 252 g/mol. The quantitative estimate of drug-likeness (QED) is 0.588. The number of hydrogen-bond acceptors (Lipinski definition) is 2. The first-order chi connectivity index (χ1) is 7.66. The Labute approximate surface area is 100 Å². The lowest BCUT2D eigenvalue weighted by atomic mass is 10.1. The fraction of sp³-hybridized carbons (Fsp3) is 0. The van der Waals surface area contributed by atoms with E-state index in [1.807, 2.05) is 18.2 Å². The monoisotopic (exact) mass is 251 g/mol. The minimum Gasteiger partial charge on any atom is -0.396 e. The number of nitrogen functional groups attached to an aromatic ring is 1. The van der Waals surface area contributed by atoms with Gasteiger partial charge in [0.2, 0.25) is 0 Å². The standard InChI is InChI=1S/C12H7ClFNS/c13-6-1-3-9-7(5-6)11-10(16-9)4-2-8(14)12(11)15/h1-5H,15H2. The van der Waals surface area contributed by atoms with E-state index in [1.165, 1.54) is 6.07 Å². The van der Waals surface area contributed by atoms with Gasteiger partial charge >= 0.3 is 0 Å². The van der Waals surface area contributed by atoms with E-state index >= 15 is 0 Å². The third kappa shape index (κ3) is 1.29. The molecule has 1 nitrogen and oxygen atoms in total. The molecule has 0 saturated carbocycles. The summed E-state index contributed by atoms with van der Waals surface area (Å²) < 4.78 is 15.5. The predicted octanol–water partition coefficient (Wildman–Crippen LogP) is 4.43. The number of rotatable bonds is 0. The Hall–Kier alpha value is -1.32. The second-order valence-electron chi connectivity index (χ2n) is 3.58. The number of fused-ring (bicyclic) bond motifs is 3. The van der Waals surface area contributed by atoms with Crippen LogP contribution in [0.1, 0.15) is 0 Å². The normalized spacial score (nSPS) is 11.4. The van der Waals surface area contributed by atoms with Crippen LogP contribution >= 0.6 is 22.9 Å². The lowest BCUT2D eigenvalue weighted by Crippen LogP contribution is -1.90. The molecule has 2 aromatic carbocycles. The zero-order chi connectivity index (χ0) is 11.3. The minimum atomic E-state index is -0.382. The minimum absolute atomic E-state index is 0.200. The van der Waals surface area contributed by atoms with E-state index in [0.717, 1.165) is 20.2 Å². The number of halogens is 2. The highest BCUT2D eigenvalue weighted by molar-refractivity contribution is 7.26. The van der Waals surface area contributed by atoms with E-state index in [1.54, 1.807) is 17.4 Å². The van der Waals surface area contributed by atoms with Gasteiger partial charge in [0.25, 0.3) is 0 Å². The first-order valence-corrected chi connectivity index (χ1v) is 5.92. The molecule has 0 aliphatic heterocycles. The van der Waals surface area contributed by atoms with Gasteiger partial charge in [0.05, 0.1) is 5.69 Å². The molecule has 0 unspecified atom stereocenters. The van der Waals surface area contributed by atoms with Crippen LogP contribution in [0.15, 0.2) is 30.3 Å². The van der Waals surface area contributed by atoms with Gasteiger partial charge in [-0.15, -0.1) is 11.3 Å². The van der Waals surface area contributed by atoms with Gasteiger partial charge in [0.15, 0.2) is 0 Å². The van der Waals surface area contributed by atoms with Crippen molar-refractivity contribution < 1.29 is 4.39 Å². The molecule has 80 valence electrons. The fourth-order valence-corrected chi connectivity index (χ4v) is 3.12. The summed E-state index contributed by atoms with van der Waals surface area (Å²) in [5.74, 6) is -0.382. The molecule has 3 aromatic rings. The van der Waals surface area contributed by atoms with Crippen LogP contribution in [0, 0.1) is 5.82 Å². The number of benzene rings is 2. The summed E-state index contributed by atoms with van der Waals surface area (Å²) in [5, 5.41) is 2.32. The molecule has 0 amide bonds. The van der Waals surface area contributed by atoms with E-state index in [0.29, 0.717) is 5.02 Å². The maximum absolute atomic E-state index is 13.4. The van der Waals surface area contributed by atoms with Crippen LogP contribution in [0.3, 0.4) is 0 Å². The third-order valence-corrected chi connectivity index (χ3v) is 3.96. The molecule has 0 aliphatic carbocycles. The molecular weight excluding hydrogens is 245 g/mol. The van der Waals surface area contributed by atoms with Gasteiger partial charge in [-0.25, -0.2) is 4.39 Å². The molecular formula is C12H7ClFNS. The zero-order valence-corrected chi connectivity index (χ0v) is 9.70. The first-order valence-electron chi connectivity index (χ1n) is 4.72. The van der Waals surface area contributed by atoms with Crippen molar-refractivity contribution in [2.45, 2.75) is 0 Å². The molecule has 0 radical (unpaired) electrons. The highest BCUT2D eigenvalue weighted by Crippen LogP contribution is 2.39. The van der Waals surface area contributed by atoms with Gasteiger partial charge in [0.1, 0.15) is 5.82 Å². The van der Waals surface area contributed by atoms with Gasteiger partial charge in [0, 0.05) is 25.2 Å². The summed E-state index contributed by atoms with van der Waals surface area (Å²) in [6.07, 6.45) is 0. The molecule has 16 heavy (non-hydrogen) atoms. The van der Waals surface area contributed by atoms with Crippen molar-refractivity contribution in [3.05, 3.63) is 41.2 Å². The first kappa shape index (κ1) is 9.87. The molecule has 1 aromatic heterocycles. The molecule has 4 heteroatoms. The Morgan fingerprint density at radius 2 is 1.88 bits per heavy atom. The van der Waals surface area contributed by atoms with E-state index in [4.69, 9.17) is 17.3 Å². The lowest BCUT2D eigenvalue weighted by molar-refractivity contribution is 0.634. The number of hydrogen-bond donors (Lipinski definition) is 1.